The van der Waals surface area contributed by atoms with Crippen molar-refractivity contribution in [3.05, 3.63) is 34.5 Å². The lowest BCUT2D eigenvalue weighted by molar-refractivity contribution is 0.104. The van der Waals surface area contributed by atoms with Crippen LogP contribution in [0.15, 0.2) is 29.3 Å². The number of nitrogens with zero attached hydrogens (tertiary/aromatic N) is 7. The Bertz CT molecular complexity index is 1270. The van der Waals surface area contributed by atoms with E-state index in [2.05, 4.69) is 59.5 Å². The smallest absolute Gasteiger partial charge is 0.223 e. The van der Waals surface area contributed by atoms with Crippen LogP contribution in [0.25, 0.3) is 33.2 Å². The lowest BCUT2D eigenvalue weighted by atomic mass is 10.1. The molecule has 4 aromatic heterocycles. The second kappa shape index (κ2) is 7.00. The van der Waals surface area contributed by atoms with Gasteiger partial charge in [-0.05, 0) is 59.3 Å². The molecule has 2 aliphatic rings. The summed E-state index contributed by atoms with van der Waals surface area (Å²) < 4.78 is 5.03. The highest BCUT2D eigenvalue weighted by molar-refractivity contribution is 9.10. The number of halogens is 2. The maximum Gasteiger partial charge on any atom is 0.223 e. The van der Waals surface area contributed by atoms with E-state index < -0.39 is 0 Å². The van der Waals surface area contributed by atoms with Crippen molar-refractivity contribution >= 4 is 49.5 Å². The van der Waals surface area contributed by atoms with Gasteiger partial charge in [-0.25, -0.2) is 15.0 Å². The first-order valence-corrected chi connectivity index (χ1v) is 11.6. The van der Waals surface area contributed by atoms with Gasteiger partial charge in [-0.15, -0.1) is 0 Å². The van der Waals surface area contributed by atoms with Crippen molar-refractivity contribution in [2.24, 2.45) is 5.92 Å². The molecule has 1 saturated heterocycles. The first-order valence-electron chi connectivity index (χ1n) is 10.4. The first-order chi connectivity index (χ1) is 14.6. The fraction of sp³-hybridized carbons (Fsp3) is 0.429. The number of hydrogen-bond donors (Lipinski definition) is 0. The molecule has 5 heterocycles. The molecule has 9 heteroatoms. The van der Waals surface area contributed by atoms with Crippen molar-refractivity contribution in [1.82, 2.24) is 34.2 Å². The van der Waals surface area contributed by atoms with Crippen LogP contribution in [0.4, 0.5) is 0 Å². The molecule has 30 heavy (non-hydrogen) atoms. The summed E-state index contributed by atoms with van der Waals surface area (Å²) in [6.45, 7) is 6.23. The summed E-state index contributed by atoms with van der Waals surface area (Å²) in [5, 5.41) is 6.04. The van der Waals surface area contributed by atoms with Crippen molar-refractivity contribution in [3.63, 3.8) is 0 Å². The van der Waals surface area contributed by atoms with Gasteiger partial charge >= 0.3 is 0 Å². The molecule has 0 amide bonds. The maximum absolute atomic E-state index is 6.30. The molecule has 154 valence electrons. The minimum Gasteiger partial charge on any atom is -0.340 e. The van der Waals surface area contributed by atoms with Crippen LogP contribution in [0.5, 0.6) is 0 Å². The summed E-state index contributed by atoms with van der Waals surface area (Å²) in [6.07, 6.45) is 8.85. The van der Waals surface area contributed by atoms with Gasteiger partial charge in [0.1, 0.15) is 21.3 Å². The van der Waals surface area contributed by atoms with Crippen molar-refractivity contribution in [2.45, 2.75) is 32.4 Å². The SMILES string of the molecule is CCn1cc2nc(Cl)nc(-c3cn(C4CN(CC5CC5)C4)c4cnc(Br)cc34)c2n1. The number of likely N-dealkylation sites (tertiary alicyclic amines) is 1. The topological polar surface area (TPSA) is 64.7 Å². The summed E-state index contributed by atoms with van der Waals surface area (Å²) >= 11 is 9.83. The van der Waals surface area contributed by atoms with Gasteiger partial charge < -0.3 is 4.57 Å². The average molecular weight is 487 g/mol. The fourth-order valence-electron chi connectivity index (χ4n) is 4.43. The zero-order chi connectivity index (χ0) is 20.4. The van der Waals surface area contributed by atoms with Crippen LogP contribution in [0, 0.1) is 5.92 Å². The normalized spacial score (nSPS) is 17.8. The van der Waals surface area contributed by atoms with E-state index in [9.17, 15) is 0 Å². The average Bonchev–Trinajstić information content (AvgIpc) is 3.31. The second-order valence-corrected chi connectivity index (χ2v) is 9.50. The third-order valence-electron chi connectivity index (χ3n) is 6.19. The minimum atomic E-state index is 0.237. The Hall–Kier alpha value is -2.03. The van der Waals surface area contributed by atoms with Crippen LogP contribution >= 0.6 is 27.5 Å². The van der Waals surface area contributed by atoms with Crippen molar-refractivity contribution in [3.8, 4) is 11.3 Å². The summed E-state index contributed by atoms with van der Waals surface area (Å²) in [4.78, 5) is 16.0. The van der Waals surface area contributed by atoms with Gasteiger partial charge in [-0.3, -0.25) is 9.58 Å². The molecule has 0 aromatic carbocycles. The zero-order valence-electron chi connectivity index (χ0n) is 16.6. The molecule has 0 radical (unpaired) electrons. The van der Waals surface area contributed by atoms with E-state index in [-0.39, 0.29) is 5.28 Å². The Kier molecular flexibility index (Phi) is 4.37. The highest BCUT2D eigenvalue weighted by atomic mass is 79.9. The van der Waals surface area contributed by atoms with Crippen LogP contribution in [-0.2, 0) is 6.54 Å². The van der Waals surface area contributed by atoms with Gasteiger partial charge in [0, 0.05) is 43.3 Å². The molecule has 0 unspecified atom stereocenters. The zero-order valence-corrected chi connectivity index (χ0v) is 18.9. The number of hydrogen-bond acceptors (Lipinski definition) is 5. The van der Waals surface area contributed by atoms with E-state index in [0.717, 1.165) is 63.3 Å². The Balaban J connectivity index is 1.48. The predicted octanol–water partition coefficient (Wildman–Crippen LogP) is 4.55. The molecule has 2 fully saturated rings. The van der Waals surface area contributed by atoms with E-state index in [1.807, 2.05) is 17.1 Å². The molecule has 1 aliphatic carbocycles. The van der Waals surface area contributed by atoms with Gasteiger partial charge in [-0.2, -0.15) is 5.10 Å². The number of rotatable bonds is 5. The molecular weight excluding hydrogens is 466 g/mol. The quantitative estimate of drug-likeness (QED) is 0.306. The van der Waals surface area contributed by atoms with Crippen LogP contribution < -0.4 is 0 Å². The van der Waals surface area contributed by atoms with E-state index in [4.69, 9.17) is 16.7 Å². The van der Waals surface area contributed by atoms with Crippen LogP contribution in [0.1, 0.15) is 25.8 Å². The molecule has 7 nitrogen and oxygen atoms in total. The van der Waals surface area contributed by atoms with Gasteiger partial charge in [0.05, 0.1) is 24.0 Å². The highest BCUT2D eigenvalue weighted by Crippen LogP contribution is 2.38. The largest absolute Gasteiger partial charge is 0.340 e. The first kappa shape index (κ1) is 18.7. The van der Waals surface area contributed by atoms with Crippen LogP contribution in [-0.4, -0.2) is 53.8 Å². The van der Waals surface area contributed by atoms with E-state index in [1.165, 1.54) is 19.4 Å². The predicted molar refractivity (Wildman–Crippen MR) is 121 cm³/mol. The highest BCUT2D eigenvalue weighted by Gasteiger charge is 2.34. The van der Waals surface area contributed by atoms with Gasteiger partial charge in [0.25, 0.3) is 0 Å². The van der Waals surface area contributed by atoms with Gasteiger partial charge in [0.15, 0.2) is 0 Å². The number of aromatic nitrogens is 6. The van der Waals surface area contributed by atoms with Gasteiger partial charge in [0.2, 0.25) is 5.28 Å². The van der Waals surface area contributed by atoms with Gasteiger partial charge in [-0.1, -0.05) is 0 Å². The van der Waals surface area contributed by atoms with E-state index in [1.54, 1.807) is 0 Å². The molecule has 0 N–H and O–H groups in total. The summed E-state index contributed by atoms with van der Waals surface area (Å²) in [5.41, 5.74) is 4.44. The Morgan fingerprint density at radius 1 is 1.20 bits per heavy atom. The second-order valence-electron chi connectivity index (χ2n) is 8.35. The number of aryl methyl sites for hydroxylation is 1. The van der Waals surface area contributed by atoms with Crippen molar-refractivity contribution in [2.75, 3.05) is 19.6 Å². The molecule has 0 atom stereocenters. The Morgan fingerprint density at radius 2 is 2.03 bits per heavy atom. The third-order valence-corrected chi connectivity index (χ3v) is 6.80. The molecule has 4 aromatic rings. The van der Waals surface area contributed by atoms with Crippen molar-refractivity contribution < 1.29 is 0 Å². The van der Waals surface area contributed by atoms with Crippen LogP contribution in [0.2, 0.25) is 5.28 Å². The lowest BCUT2D eigenvalue weighted by Crippen LogP contribution is -2.48. The number of pyridine rings is 1. The lowest BCUT2D eigenvalue weighted by Gasteiger charge is -2.40. The molecular formula is C21H21BrClN7. The van der Waals surface area contributed by atoms with E-state index >= 15 is 0 Å². The Morgan fingerprint density at radius 3 is 2.80 bits per heavy atom. The summed E-state index contributed by atoms with van der Waals surface area (Å²) in [7, 11) is 0. The standard InChI is InChI=1S/C21H21BrClN7/c1-2-29-11-16-20(27-29)19(26-21(23)25-16)15-10-30(17-6-24-18(22)5-14(15)17)13-8-28(9-13)7-12-3-4-12/h5-6,10-13H,2-4,7-9H2,1H3. The van der Waals surface area contributed by atoms with Crippen LogP contribution in [0.3, 0.4) is 0 Å². The molecule has 0 bridgehead atoms. The number of fused-ring (bicyclic) bond motifs is 2. The third kappa shape index (κ3) is 3.13. The maximum atomic E-state index is 6.30. The fourth-order valence-corrected chi connectivity index (χ4v) is 4.93. The minimum absolute atomic E-state index is 0.237. The van der Waals surface area contributed by atoms with E-state index in [0.29, 0.717) is 6.04 Å². The van der Waals surface area contributed by atoms with Crippen molar-refractivity contribution in [1.29, 1.82) is 0 Å². The Labute approximate surface area is 187 Å². The summed E-state index contributed by atoms with van der Waals surface area (Å²) in [5.74, 6) is 0.922. The molecule has 0 spiro atoms. The summed E-state index contributed by atoms with van der Waals surface area (Å²) in [6, 6.07) is 2.50. The molecule has 6 rings (SSSR count). The monoisotopic (exact) mass is 485 g/mol. The molecule has 1 aliphatic heterocycles. The molecule has 1 saturated carbocycles.